The Balaban J connectivity index is 1.24. The minimum atomic E-state index is -0.285. The van der Waals surface area contributed by atoms with E-state index in [1.165, 1.54) is 12.1 Å². The predicted octanol–water partition coefficient (Wildman–Crippen LogP) is 3.87. The molecule has 0 spiro atoms. The fraction of sp³-hybridized carbons (Fsp3) is 0.261. The summed E-state index contributed by atoms with van der Waals surface area (Å²) >= 11 is 0. The first-order valence-corrected chi connectivity index (χ1v) is 10.2. The highest BCUT2D eigenvalue weighted by molar-refractivity contribution is 5.93. The van der Waals surface area contributed by atoms with Gasteiger partial charge in [-0.05, 0) is 61.4 Å². The molecule has 0 aliphatic carbocycles. The molecule has 2 aliphatic rings. The molecule has 5 rings (SSSR count). The maximum absolute atomic E-state index is 13.1. The fourth-order valence-electron chi connectivity index (χ4n) is 3.89. The molecule has 158 valence electrons. The second-order valence-corrected chi connectivity index (χ2v) is 7.63. The van der Waals surface area contributed by atoms with Crippen molar-refractivity contribution in [1.82, 2.24) is 10.2 Å². The van der Waals surface area contributed by atoms with E-state index in [-0.39, 0.29) is 24.4 Å². The van der Waals surface area contributed by atoms with Gasteiger partial charge in [0.05, 0.1) is 11.6 Å². The summed E-state index contributed by atoms with van der Waals surface area (Å²) in [6, 6.07) is 15.3. The summed E-state index contributed by atoms with van der Waals surface area (Å²) in [7, 11) is 0. The Morgan fingerprint density at radius 2 is 1.87 bits per heavy atom. The van der Waals surface area contributed by atoms with Crippen LogP contribution in [0.2, 0.25) is 0 Å². The van der Waals surface area contributed by atoms with E-state index in [1.54, 1.807) is 24.3 Å². The van der Waals surface area contributed by atoms with Crippen molar-refractivity contribution in [2.24, 2.45) is 5.92 Å². The zero-order valence-corrected chi connectivity index (χ0v) is 16.8. The van der Waals surface area contributed by atoms with Gasteiger partial charge >= 0.3 is 0 Å². The van der Waals surface area contributed by atoms with E-state index in [4.69, 9.17) is 9.47 Å². The number of ether oxygens (including phenoxy) is 2. The van der Waals surface area contributed by atoms with E-state index in [1.807, 2.05) is 18.2 Å². The third kappa shape index (κ3) is 4.14. The molecule has 2 aliphatic heterocycles. The van der Waals surface area contributed by atoms with Crippen molar-refractivity contribution in [2.75, 3.05) is 30.1 Å². The summed E-state index contributed by atoms with van der Waals surface area (Å²) < 4.78 is 23.8. The van der Waals surface area contributed by atoms with Gasteiger partial charge < -0.3 is 19.7 Å². The topological polar surface area (TPSA) is 76.6 Å². The van der Waals surface area contributed by atoms with Crippen LogP contribution >= 0.6 is 0 Å². The number of piperidine rings is 1. The van der Waals surface area contributed by atoms with E-state index in [9.17, 15) is 9.18 Å². The number of amides is 1. The summed E-state index contributed by atoms with van der Waals surface area (Å²) in [6.45, 7) is 1.59. The number of carbonyl (C=O) groups is 1. The molecule has 1 amide bonds. The van der Waals surface area contributed by atoms with Crippen LogP contribution in [0.25, 0.3) is 11.3 Å². The van der Waals surface area contributed by atoms with Crippen molar-refractivity contribution in [1.29, 1.82) is 0 Å². The van der Waals surface area contributed by atoms with Gasteiger partial charge in [-0.25, -0.2) is 4.39 Å². The number of carbonyl (C=O) groups excluding carboxylic acids is 1. The lowest BCUT2D eigenvalue weighted by Gasteiger charge is -2.32. The van der Waals surface area contributed by atoms with Gasteiger partial charge in [0.15, 0.2) is 17.3 Å². The third-order valence-corrected chi connectivity index (χ3v) is 5.55. The van der Waals surface area contributed by atoms with Crippen LogP contribution in [0.1, 0.15) is 12.8 Å². The molecule has 1 fully saturated rings. The molecule has 0 saturated carbocycles. The lowest BCUT2D eigenvalue weighted by Crippen LogP contribution is -2.41. The number of hydrogen-bond donors (Lipinski definition) is 1. The molecule has 1 aromatic heterocycles. The Morgan fingerprint density at radius 3 is 2.68 bits per heavy atom. The quantitative estimate of drug-likeness (QED) is 0.691. The minimum Gasteiger partial charge on any atom is -0.454 e. The monoisotopic (exact) mass is 420 g/mol. The number of benzene rings is 2. The van der Waals surface area contributed by atoms with Crippen molar-refractivity contribution >= 4 is 17.4 Å². The van der Waals surface area contributed by atoms with Crippen LogP contribution in [0, 0.1) is 11.7 Å². The number of anilines is 2. The number of hydrogen-bond acceptors (Lipinski definition) is 6. The van der Waals surface area contributed by atoms with Crippen LogP contribution in [0.4, 0.5) is 15.9 Å². The fourth-order valence-corrected chi connectivity index (χ4v) is 3.89. The zero-order chi connectivity index (χ0) is 21.2. The molecule has 2 aromatic carbocycles. The molecule has 1 saturated heterocycles. The van der Waals surface area contributed by atoms with Gasteiger partial charge in [0.2, 0.25) is 12.7 Å². The average molecular weight is 420 g/mol. The Hall–Kier alpha value is -3.68. The van der Waals surface area contributed by atoms with Crippen LogP contribution < -0.4 is 19.7 Å². The highest BCUT2D eigenvalue weighted by Crippen LogP contribution is 2.34. The van der Waals surface area contributed by atoms with E-state index >= 15 is 0 Å². The molecule has 7 nitrogen and oxygen atoms in total. The summed E-state index contributed by atoms with van der Waals surface area (Å²) in [6.07, 6.45) is 1.70. The van der Waals surface area contributed by atoms with Gasteiger partial charge in [-0.3, -0.25) is 4.79 Å². The maximum Gasteiger partial charge on any atom is 0.231 e. The van der Waals surface area contributed by atoms with Crippen molar-refractivity contribution in [3.05, 3.63) is 60.4 Å². The van der Waals surface area contributed by atoms with Gasteiger partial charge in [-0.1, -0.05) is 0 Å². The van der Waals surface area contributed by atoms with Gasteiger partial charge in [-0.15, -0.1) is 10.2 Å². The molecule has 8 heteroatoms. The predicted molar refractivity (Wildman–Crippen MR) is 114 cm³/mol. The number of nitrogens with one attached hydrogen (secondary N) is 1. The normalized spacial score (nSPS) is 17.5. The number of halogens is 1. The smallest absolute Gasteiger partial charge is 0.231 e. The van der Waals surface area contributed by atoms with Crippen LogP contribution in [0.5, 0.6) is 11.5 Å². The third-order valence-electron chi connectivity index (χ3n) is 5.55. The molecular formula is C23H21FN4O3. The Morgan fingerprint density at radius 1 is 1.03 bits per heavy atom. The van der Waals surface area contributed by atoms with Crippen molar-refractivity contribution in [3.8, 4) is 22.8 Å². The molecule has 0 radical (unpaired) electrons. The first-order chi connectivity index (χ1) is 15.2. The van der Waals surface area contributed by atoms with Crippen LogP contribution in [-0.4, -0.2) is 36.0 Å². The van der Waals surface area contributed by atoms with Crippen LogP contribution in [0.15, 0.2) is 54.6 Å². The zero-order valence-electron chi connectivity index (χ0n) is 16.8. The number of fused-ring (bicyclic) bond motifs is 1. The van der Waals surface area contributed by atoms with E-state index in [2.05, 4.69) is 20.4 Å². The molecule has 1 N–H and O–H groups in total. The Labute approximate surface area is 178 Å². The van der Waals surface area contributed by atoms with Gasteiger partial charge in [0.1, 0.15) is 5.82 Å². The molecule has 3 heterocycles. The average Bonchev–Trinajstić information content (AvgIpc) is 3.28. The highest BCUT2D eigenvalue weighted by Gasteiger charge is 2.27. The first-order valence-electron chi connectivity index (χ1n) is 10.2. The van der Waals surface area contributed by atoms with Crippen molar-refractivity contribution < 1.29 is 18.7 Å². The van der Waals surface area contributed by atoms with E-state index in [0.29, 0.717) is 29.4 Å². The highest BCUT2D eigenvalue weighted by atomic mass is 19.1. The van der Waals surface area contributed by atoms with Crippen LogP contribution in [-0.2, 0) is 4.79 Å². The van der Waals surface area contributed by atoms with Gasteiger partial charge in [-0.2, -0.15) is 0 Å². The summed E-state index contributed by atoms with van der Waals surface area (Å²) in [5, 5.41) is 11.6. The van der Waals surface area contributed by atoms with Gasteiger partial charge in [0.25, 0.3) is 0 Å². The molecule has 1 atom stereocenters. The molecule has 1 unspecified atom stereocenters. The van der Waals surface area contributed by atoms with E-state index < -0.39 is 0 Å². The second-order valence-electron chi connectivity index (χ2n) is 7.63. The lowest BCUT2D eigenvalue weighted by molar-refractivity contribution is -0.120. The standard InChI is InChI=1S/C23H21FN4O3/c24-17-5-3-15(4-6-17)19-8-10-22(27-26-19)28-11-1-2-16(13-28)23(29)25-18-7-9-20-21(12-18)31-14-30-20/h3-10,12,16H,1-2,11,13-14H2,(H,25,29). The number of nitrogens with zero attached hydrogens (tertiary/aromatic N) is 3. The Bertz CT molecular complexity index is 1090. The molecular weight excluding hydrogens is 399 g/mol. The largest absolute Gasteiger partial charge is 0.454 e. The summed E-state index contributed by atoms with van der Waals surface area (Å²) in [4.78, 5) is 14.9. The molecule has 3 aromatic rings. The number of aromatic nitrogens is 2. The van der Waals surface area contributed by atoms with Crippen LogP contribution in [0.3, 0.4) is 0 Å². The van der Waals surface area contributed by atoms with E-state index in [0.717, 1.165) is 30.8 Å². The van der Waals surface area contributed by atoms with Crippen molar-refractivity contribution in [3.63, 3.8) is 0 Å². The molecule has 0 bridgehead atoms. The SMILES string of the molecule is O=C(Nc1ccc2c(c1)OCO2)C1CCCN(c2ccc(-c3ccc(F)cc3)nn2)C1. The summed E-state index contributed by atoms with van der Waals surface area (Å²) in [5.74, 6) is 1.58. The Kier molecular flexibility index (Phi) is 5.11. The minimum absolute atomic E-state index is 0.0283. The number of rotatable bonds is 4. The first kappa shape index (κ1) is 19.3. The van der Waals surface area contributed by atoms with Crippen molar-refractivity contribution in [2.45, 2.75) is 12.8 Å². The van der Waals surface area contributed by atoms with Gasteiger partial charge in [0, 0.05) is 30.4 Å². The summed E-state index contributed by atoms with van der Waals surface area (Å²) in [5.41, 5.74) is 2.17. The maximum atomic E-state index is 13.1. The second kappa shape index (κ2) is 8.22. The lowest BCUT2D eigenvalue weighted by atomic mass is 9.97. The molecule has 31 heavy (non-hydrogen) atoms.